The molecule has 0 spiro atoms. The maximum Gasteiger partial charge on any atom is 0.347 e. The van der Waals surface area contributed by atoms with Crippen molar-refractivity contribution in [2.24, 2.45) is 0 Å². The van der Waals surface area contributed by atoms with Gasteiger partial charge in [0.05, 0.1) is 18.1 Å². The van der Waals surface area contributed by atoms with E-state index in [0.29, 0.717) is 16.6 Å². The van der Waals surface area contributed by atoms with E-state index in [-0.39, 0.29) is 16.6 Å². The highest BCUT2D eigenvalue weighted by atomic mass is 32.2. The average Bonchev–Trinajstić information content (AvgIpc) is 2.68. The summed E-state index contributed by atoms with van der Waals surface area (Å²) in [6, 6.07) is 0. The predicted molar refractivity (Wildman–Crippen MR) is 70.4 cm³/mol. The first kappa shape index (κ1) is 15.0. The molecule has 0 aliphatic rings. The molecule has 0 fully saturated rings. The third kappa shape index (κ3) is 4.66. The molecule has 0 unspecified atom stereocenters. The summed E-state index contributed by atoms with van der Waals surface area (Å²) in [5.74, 6) is -1.11. The molecule has 1 rings (SSSR count). The number of esters is 1. The van der Waals surface area contributed by atoms with Gasteiger partial charge in [-0.2, -0.15) is 0 Å². The lowest BCUT2D eigenvalue weighted by atomic mass is 10.4. The molecule has 0 radical (unpaired) electrons. The Bertz CT molecular complexity index is 431. The van der Waals surface area contributed by atoms with Crippen molar-refractivity contribution in [2.45, 2.75) is 31.0 Å². The van der Waals surface area contributed by atoms with E-state index in [9.17, 15) is 9.59 Å². The van der Waals surface area contributed by atoms with Gasteiger partial charge in [-0.15, -0.1) is 11.3 Å². The van der Waals surface area contributed by atoms with Gasteiger partial charge in [-0.05, 0) is 13.3 Å². The molecule has 0 saturated heterocycles. The number of carboxylic acid groups (broad SMARTS) is 1. The van der Waals surface area contributed by atoms with Crippen LogP contribution in [0.1, 0.15) is 35.1 Å². The van der Waals surface area contributed by atoms with Gasteiger partial charge in [0.15, 0.2) is 4.34 Å². The number of carboxylic acids is 1. The molecule has 1 aromatic rings. The monoisotopic (exact) mass is 289 g/mol. The Morgan fingerprint density at radius 1 is 1.50 bits per heavy atom. The van der Waals surface area contributed by atoms with Gasteiger partial charge in [0, 0.05) is 0 Å². The van der Waals surface area contributed by atoms with E-state index in [1.54, 1.807) is 6.92 Å². The number of carbonyl (C=O) groups excluding carboxylic acids is 1. The molecule has 0 bridgehead atoms. The van der Waals surface area contributed by atoms with E-state index in [0.717, 1.165) is 24.2 Å². The largest absolute Gasteiger partial charge is 0.477 e. The van der Waals surface area contributed by atoms with E-state index in [2.05, 4.69) is 4.98 Å². The lowest BCUT2D eigenvalue weighted by Crippen LogP contribution is -2.08. The zero-order chi connectivity index (χ0) is 13.5. The number of carbonyl (C=O) groups is 2. The van der Waals surface area contributed by atoms with E-state index in [4.69, 9.17) is 9.84 Å². The second-order valence-electron chi connectivity index (χ2n) is 3.56. The Kier molecular flexibility index (Phi) is 6.14. The van der Waals surface area contributed by atoms with Gasteiger partial charge >= 0.3 is 11.9 Å². The van der Waals surface area contributed by atoms with Crippen LogP contribution in [-0.2, 0) is 9.53 Å². The van der Waals surface area contributed by atoms with Crippen molar-refractivity contribution in [2.75, 3.05) is 12.4 Å². The summed E-state index contributed by atoms with van der Waals surface area (Å²) in [4.78, 5) is 26.5. The number of thioether (sulfide) groups is 1. The number of thiazole rings is 1. The number of nitrogens with zero attached hydrogens (tertiary/aromatic N) is 1. The number of hydrogen-bond donors (Lipinski definition) is 1. The van der Waals surface area contributed by atoms with Crippen LogP contribution in [0.2, 0.25) is 0 Å². The lowest BCUT2D eigenvalue weighted by molar-refractivity contribution is -0.140. The highest BCUT2D eigenvalue weighted by Crippen LogP contribution is 2.27. The fourth-order valence-corrected chi connectivity index (χ4v) is 2.95. The van der Waals surface area contributed by atoms with Crippen LogP contribution in [0.3, 0.4) is 0 Å². The molecule has 5 nitrogen and oxygen atoms in total. The van der Waals surface area contributed by atoms with Crippen LogP contribution in [0.25, 0.3) is 0 Å². The summed E-state index contributed by atoms with van der Waals surface area (Å²) in [5, 5.41) is 8.87. The maximum absolute atomic E-state index is 11.3. The Morgan fingerprint density at radius 3 is 2.78 bits per heavy atom. The number of unbranched alkanes of at least 4 members (excludes halogenated alkanes) is 1. The van der Waals surface area contributed by atoms with E-state index < -0.39 is 5.97 Å². The van der Waals surface area contributed by atoms with Crippen molar-refractivity contribution >= 4 is 35.0 Å². The van der Waals surface area contributed by atoms with Crippen LogP contribution in [-0.4, -0.2) is 34.4 Å². The number of aromatic carboxylic acids is 1. The van der Waals surface area contributed by atoms with Gasteiger partial charge in [0.25, 0.3) is 0 Å². The minimum absolute atomic E-state index is 0.162. The highest BCUT2D eigenvalue weighted by Gasteiger charge is 2.15. The zero-order valence-electron chi connectivity index (χ0n) is 10.3. The van der Waals surface area contributed by atoms with Crippen LogP contribution >= 0.6 is 23.1 Å². The molecule has 0 aliphatic carbocycles. The second kappa shape index (κ2) is 7.38. The summed E-state index contributed by atoms with van der Waals surface area (Å²) in [6.07, 6.45) is 1.84. The van der Waals surface area contributed by atoms with Crippen molar-refractivity contribution in [1.29, 1.82) is 0 Å². The summed E-state index contributed by atoms with van der Waals surface area (Å²) < 4.78 is 5.57. The fourth-order valence-electron chi connectivity index (χ4n) is 1.12. The molecule has 1 N–H and O–H groups in total. The van der Waals surface area contributed by atoms with Crippen molar-refractivity contribution in [3.63, 3.8) is 0 Å². The van der Waals surface area contributed by atoms with Crippen LogP contribution in [0.15, 0.2) is 4.34 Å². The highest BCUT2D eigenvalue weighted by molar-refractivity contribution is 8.01. The third-order valence-electron chi connectivity index (χ3n) is 2.05. The van der Waals surface area contributed by atoms with Gasteiger partial charge in [0.2, 0.25) is 0 Å². The number of aryl methyl sites for hydroxylation is 1. The van der Waals surface area contributed by atoms with Crippen molar-refractivity contribution in [3.05, 3.63) is 10.6 Å². The molecule has 0 amide bonds. The van der Waals surface area contributed by atoms with Gasteiger partial charge in [-0.25, -0.2) is 9.78 Å². The molecule has 7 heteroatoms. The van der Waals surface area contributed by atoms with Crippen LogP contribution in [0.4, 0.5) is 0 Å². The Labute approximate surface area is 114 Å². The first-order valence-electron chi connectivity index (χ1n) is 5.53. The second-order valence-corrected chi connectivity index (χ2v) is 5.78. The first-order chi connectivity index (χ1) is 8.54. The van der Waals surface area contributed by atoms with Gasteiger partial charge in [-0.3, -0.25) is 4.79 Å². The van der Waals surface area contributed by atoms with Crippen LogP contribution < -0.4 is 0 Å². The minimum atomic E-state index is -0.984. The summed E-state index contributed by atoms with van der Waals surface area (Å²) in [7, 11) is 0. The molecule has 1 heterocycles. The number of ether oxygens (including phenoxy) is 1. The minimum Gasteiger partial charge on any atom is -0.477 e. The van der Waals surface area contributed by atoms with Crippen molar-refractivity contribution in [3.8, 4) is 0 Å². The predicted octanol–water partition coefficient (Wildman–Crippen LogP) is 2.59. The number of rotatable bonds is 7. The molecule has 0 aliphatic heterocycles. The van der Waals surface area contributed by atoms with E-state index in [1.165, 1.54) is 11.8 Å². The molecular weight excluding hydrogens is 274 g/mol. The van der Waals surface area contributed by atoms with Crippen LogP contribution in [0, 0.1) is 6.92 Å². The Hall–Kier alpha value is -1.08. The molecule has 0 aromatic carbocycles. The first-order valence-corrected chi connectivity index (χ1v) is 7.34. The topological polar surface area (TPSA) is 76.5 Å². The maximum atomic E-state index is 11.3. The number of aromatic nitrogens is 1. The molecule has 100 valence electrons. The average molecular weight is 289 g/mol. The zero-order valence-corrected chi connectivity index (χ0v) is 11.9. The van der Waals surface area contributed by atoms with E-state index >= 15 is 0 Å². The van der Waals surface area contributed by atoms with Crippen molar-refractivity contribution < 1.29 is 19.4 Å². The number of hydrogen-bond acceptors (Lipinski definition) is 6. The molecule has 0 atom stereocenters. The molecule has 0 saturated carbocycles. The third-order valence-corrected chi connectivity index (χ3v) is 4.31. The van der Waals surface area contributed by atoms with Gasteiger partial charge in [0.1, 0.15) is 4.88 Å². The Balaban J connectivity index is 2.41. The lowest BCUT2D eigenvalue weighted by Gasteiger charge is -2.01. The molecular formula is C11H15NO4S2. The van der Waals surface area contributed by atoms with Gasteiger partial charge < -0.3 is 9.84 Å². The molecule has 18 heavy (non-hydrogen) atoms. The van der Waals surface area contributed by atoms with Gasteiger partial charge in [-0.1, -0.05) is 25.1 Å². The quantitative estimate of drug-likeness (QED) is 0.472. The summed E-state index contributed by atoms with van der Waals surface area (Å²) in [6.45, 7) is 4.10. The summed E-state index contributed by atoms with van der Waals surface area (Å²) in [5.41, 5.74) is 0.481. The Morgan fingerprint density at radius 2 is 2.22 bits per heavy atom. The molecule has 1 aromatic heterocycles. The normalized spacial score (nSPS) is 10.3. The standard InChI is InChI=1S/C11H15NO4S2/c1-3-4-5-16-8(13)6-17-11-12-7(2)9(18-11)10(14)15/h3-6H2,1-2H3,(H,14,15). The van der Waals surface area contributed by atoms with E-state index in [1.807, 2.05) is 6.92 Å². The SMILES string of the molecule is CCCCOC(=O)CSc1nc(C)c(C(=O)O)s1. The van der Waals surface area contributed by atoms with Crippen LogP contribution in [0.5, 0.6) is 0 Å². The smallest absolute Gasteiger partial charge is 0.347 e. The van der Waals surface area contributed by atoms with Crippen molar-refractivity contribution in [1.82, 2.24) is 4.98 Å². The summed E-state index contributed by atoms with van der Waals surface area (Å²) >= 11 is 2.29. The fraction of sp³-hybridized carbons (Fsp3) is 0.545.